The van der Waals surface area contributed by atoms with Crippen LogP contribution in [0.2, 0.25) is 0 Å². The molecular formula is C13H23NO3. The van der Waals surface area contributed by atoms with Gasteiger partial charge in [0.25, 0.3) is 0 Å². The summed E-state index contributed by atoms with van der Waals surface area (Å²) in [6, 6.07) is 0.201. The summed E-state index contributed by atoms with van der Waals surface area (Å²) in [5.41, 5.74) is 0.304. The van der Waals surface area contributed by atoms with Crippen LogP contribution < -0.4 is 5.32 Å². The highest BCUT2D eigenvalue weighted by atomic mass is 16.5. The maximum Gasteiger partial charge on any atom is 0.322 e. The van der Waals surface area contributed by atoms with Crippen molar-refractivity contribution >= 4 is 5.97 Å². The fourth-order valence-electron chi connectivity index (χ4n) is 3.22. The molecule has 1 spiro atoms. The van der Waals surface area contributed by atoms with E-state index in [9.17, 15) is 4.79 Å². The summed E-state index contributed by atoms with van der Waals surface area (Å²) in [5.74, 6) is -0.181. The van der Waals surface area contributed by atoms with Gasteiger partial charge in [-0.2, -0.15) is 0 Å². The molecule has 1 N–H and O–H groups in total. The molecule has 2 aliphatic rings. The minimum Gasteiger partial charge on any atom is -0.468 e. The average molecular weight is 241 g/mol. The van der Waals surface area contributed by atoms with E-state index in [4.69, 9.17) is 9.47 Å². The number of methoxy groups -OCH3 is 1. The molecule has 4 nitrogen and oxygen atoms in total. The molecule has 0 amide bonds. The second-order valence-electron chi connectivity index (χ2n) is 5.23. The summed E-state index contributed by atoms with van der Waals surface area (Å²) in [5, 5.41) is 3.39. The molecule has 0 aromatic carbocycles. The molecular weight excluding hydrogens is 218 g/mol. The van der Waals surface area contributed by atoms with Crippen LogP contribution in [0.25, 0.3) is 0 Å². The summed E-state index contributed by atoms with van der Waals surface area (Å²) >= 11 is 0. The van der Waals surface area contributed by atoms with E-state index in [1.54, 1.807) is 0 Å². The van der Waals surface area contributed by atoms with Crippen molar-refractivity contribution < 1.29 is 14.3 Å². The van der Waals surface area contributed by atoms with E-state index in [1.165, 1.54) is 26.4 Å². The van der Waals surface area contributed by atoms with Crippen molar-refractivity contribution in [3.8, 4) is 0 Å². The Bertz CT molecular complexity index is 288. The molecule has 4 heteroatoms. The van der Waals surface area contributed by atoms with Crippen molar-refractivity contribution in [1.82, 2.24) is 5.32 Å². The lowest BCUT2D eigenvalue weighted by molar-refractivity contribution is -0.177. The zero-order valence-corrected chi connectivity index (χ0v) is 11.0. The summed E-state index contributed by atoms with van der Waals surface area (Å²) in [6.45, 7) is 4.70. The van der Waals surface area contributed by atoms with Crippen molar-refractivity contribution in [2.24, 2.45) is 5.41 Å². The number of nitrogens with one attached hydrogen (secondary N) is 1. The summed E-state index contributed by atoms with van der Waals surface area (Å²) in [6.07, 6.45) is 5.15. The van der Waals surface area contributed by atoms with Crippen molar-refractivity contribution in [2.75, 3.05) is 13.7 Å². The first kappa shape index (κ1) is 12.8. The van der Waals surface area contributed by atoms with E-state index < -0.39 is 0 Å². The number of hydrogen-bond acceptors (Lipinski definition) is 4. The van der Waals surface area contributed by atoms with Gasteiger partial charge in [-0.25, -0.2) is 0 Å². The molecule has 0 aliphatic heterocycles. The van der Waals surface area contributed by atoms with Crippen LogP contribution in [0, 0.1) is 5.41 Å². The van der Waals surface area contributed by atoms with Crippen LogP contribution in [0.1, 0.15) is 39.5 Å². The molecule has 2 aliphatic carbocycles. The van der Waals surface area contributed by atoms with Crippen LogP contribution in [0.5, 0.6) is 0 Å². The standard InChI is InChI=1S/C13H23NO3/c1-4-17-11-8-10(13(11)6-5-7-13)14-9(2)12(15)16-3/h9-11,14H,4-8H2,1-3H3/t9-,10?,11?/m0/s1. The molecule has 0 bridgehead atoms. The van der Waals surface area contributed by atoms with Gasteiger partial charge < -0.3 is 14.8 Å². The maximum atomic E-state index is 11.4. The van der Waals surface area contributed by atoms with Crippen molar-refractivity contribution in [3.63, 3.8) is 0 Å². The minimum atomic E-state index is -0.218. The Hall–Kier alpha value is -0.610. The Kier molecular flexibility index (Phi) is 3.73. The van der Waals surface area contributed by atoms with E-state index in [-0.39, 0.29) is 12.0 Å². The zero-order valence-electron chi connectivity index (χ0n) is 11.0. The fraction of sp³-hybridized carbons (Fsp3) is 0.923. The molecule has 0 heterocycles. The summed E-state index contributed by atoms with van der Waals surface area (Å²) < 4.78 is 10.5. The highest BCUT2D eigenvalue weighted by Crippen LogP contribution is 2.57. The quantitative estimate of drug-likeness (QED) is 0.741. The van der Waals surface area contributed by atoms with Crippen molar-refractivity contribution in [3.05, 3.63) is 0 Å². The topological polar surface area (TPSA) is 47.6 Å². The zero-order chi connectivity index (χ0) is 12.5. The van der Waals surface area contributed by atoms with Gasteiger partial charge in [0.1, 0.15) is 6.04 Å². The number of carbonyl (C=O) groups excluding carboxylic acids is 1. The maximum absolute atomic E-state index is 11.4. The summed E-state index contributed by atoms with van der Waals surface area (Å²) in [7, 11) is 1.43. The van der Waals surface area contributed by atoms with Crippen LogP contribution in [-0.4, -0.2) is 37.9 Å². The lowest BCUT2D eigenvalue weighted by Crippen LogP contribution is -2.68. The van der Waals surface area contributed by atoms with Crippen molar-refractivity contribution in [2.45, 2.75) is 57.7 Å². The molecule has 0 aromatic heterocycles. The van der Waals surface area contributed by atoms with Gasteiger partial charge in [0.15, 0.2) is 0 Å². The third kappa shape index (κ3) is 2.08. The predicted molar refractivity (Wildman–Crippen MR) is 64.7 cm³/mol. The predicted octanol–water partition coefficient (Wildman–Crippen LogP) is 1.49. The molecule has 0 aromatic rings. The normalized spacial score (nSPS) is 31.5. The molecule has 2 unspecified atom stereocenters. The van der Waals surface area contributed by atoms with E-state index in [1.807, 2.05) is 13.8 Å². The molecule has 98 valence electrons. The first-order chi connectivity index (χ1) is 8.14. The average Bonchev–Trinajstić information content (AvgIpc) is 2.23. The van der Waals surface area contributed by atoms with Crippen LogP contribution in [0.4, 0.5) is 0 Å². The third-order valence-electron chi connectivity index (χ3n) is 4.44. The highest BCUT2D eigenvalue weighted by molar-refractivity contribution is 5.75. The van der Waals surface area contributed by atoms with E-state index in [0.717, 1.165) is 13.0 Å². The van der Waals surface area contributed by atoms with Gasteiger partial charge in [-0.05, 0) is 33.1 Å². The molecule has 0 radical (unpaired) electrons. The van der Waals surface area contributed by atoms with Crippen LogP contribution in [-0.2, 0) is 14.3 Å². The number of rotatable bonds is 5. The molecule has 2 fully saturated rings. The van der Waals surface area contributed by atoms with Gasteiger partial charge in [-0.15, -0.1) is 0 Å². The first-order valence-corrected chi connectivity index (χ1v) is 6.59. The Morgan fingerprint density at radius 1 is 1.53 bits per heavy atom. The van der Waals surface area contributed by atoms with Crippen LogP contribution >= 0.6 is 0 Å². The van der Waals surface area contributed by atoms with E-state index in [0.29, 0.717) is 17.6 Å². The van der Waals surface area contributed by atoms with Crippen molar-refractivity contribution in [1.29, 1.82) is 0 Å². The van der Waals surface area contributed by atoms with E-state index in [2.05, 4.69) is 5.32 Å². The van der Waals surface area contributed by atoms with Gasteiger partial charge in [0.2, 0.25) is 0 Å². The third-order valence-corrected chi connectivity index (χ3v) is 4.44. The monoisotopic (exact) mass is 241 g/mol. The number of esters is 1. The lowest BCUT2D eigenvalue weighted by Gasteiger charge is -2.61. The first-order valence-electron chi connectivity index (χ1n) is 6.59. The SMILES string of the molecule is CCOC1CC(N[C@@H](C)C(=O)OC)C12CCC2. The second-order valence-corrected chi connectivity index (χ2v) is 5.23. The molecule has 0 saturated heterocycles. The smallest absolute Gasteiger partial charge is 0.322 e. The van der Waals surface area contributed by atoms with Gasteiger partial charge in [0, 0.05) is 18.1 Å². The van der Waals surface area contributed by atoms with Gasteiger partial charge in [-0.1, -0.05) is 6.42 Å². The Balaban J connectivity index is 1.89. The minimum absolute atomic E-state index is 0.181. The lowest BCUT2D eigenvalue weighted by atomic mass is 9.51. The Morgan fingerprint density at radius 3 is 2.71 bits per heavy atom. The fourth-order valence-corrected chi connectivity index (χ4v) is 3.22. The van der Waals surface area contributed by atoms with Crippen LogP contribution in [0.15, 0.2) is 0 Å². The molecule has 17 heavy (non-hydrogen) atoms. The highest BCUT2D eigenvalue weighted by Gasteiger charge is 2.59. The molecule has 2 rings (SSSR count). The number of hydrogen-bond donors (Lipinski definition) is 1. The van der Waals surface area contributed by atoms with Gasteiger partial charge in [-0.3, -0.25) is 4.79 Å². The number of carbonyl (C=O) groups is 1. The van der Waals surface area contributed by atoms with Gasteiger partial charge >= 0.3 is 5.97 Å². The largest absolute Gasteiger partial charge is 0.468 e. The second kappa shape index (κ2) is 4.94. The number of ether oxygens (including phenoxy) is 2. The van der Waals surface area contributed by atoms with Gasteiger partial charge in [0.05, 0.1) is 13.2 Å². The molecule has 2 saturated carbocycles. The van der Waals surface area contributed by atoms with E-state index >= 15 is 0 Å². The Morgan fingerprint density at radius 2 is 2.24 bits per heavy atom. The Labute approximate surface area is 103 Å². The van der Waals surface area contributed by atoms with Crippen LogP contribution in [0.3, 0.4) is 0 Å². The summed E-state index contributed by atoms with van der Waals surface area (Å²) in [4.78, 5) is 11.4. The molecule has 3 atom stereocenters.